The molecular weight excluding hydrogens is 272 g/mol. The fourth-order valence-electron chi connectivity index (χ4n) is 3.39. The van der Waals surface area contributed by atoms with Gasteiger partial charge in [-0.25, -0.2) is 0 Å². The number of hydrogen-bond acceptors (Lipinski definition) is 4. The van der Waals surface area contributed by atoms with Crippen molar-refractivity contribution in [1.29, 1.82) is 0 Å². The van der Waals surface area contributed by atoms with Gasteiger partial charge in [0.05, 0.1) is 13.2 Å². The van der Waals surface area contributed by atoms with Gasteiger partial charge < -0.3 is 9.64 Å². The van der Waals surface area contributed by atoms with Crippen molar-refractivity contribution in [3.05, 3.63) is 0 Å². The predicted octanol–water partition coefficient (Wildman–Crippen LogP) is 1.55. The van der Waals surface area contributed by atoms with Gasteiger partial charge in [-0.3, -0.25) is 9.69 Å². The molecule has 0 N–H and O–H groups in total. The standard InChI is InChI=1S/C15H28N2O2S/c1-4-13-9-17(15(18)12(2)11-20-3)10-14(13)16-5-7-19-8-6-16/h12-14H,4-11H2,1-3H3. The van der Waals surface area contributed by atoms with Gasteiger partial charge in [-0.15, -0.1) is 0 Å². The van der Waals surface area contributed by atoms with Crippen LogP contribution in [-0.4, -0.2) is 73.2 Å². The summed E-state index contributed by atoms with van der Waals surface area (Å²) in [4.78, 5) is 17.1. The van der Waals surface area contributed by atoms with Crippen molar-refractivity contribution in [2.24, 2.45) is 11.8 Å². The highest BCUT2D eigenvalue weighted by Gasteiger charge is 2.38. The van der Waals surface area contributed by atoms with Crippen LogP contribution in [0.1, 0.15) is 20.3 Å². The quantitative estimate of drug-likeness (QED) is 0.771. The summed E-state index contributed by atoms with van der Waals surface area (Å²) >= 11 is 1.76. The smallest absolute Gasteiger partial charge is 0.226 e. The Bertz CT molecular complexity index is 321. The second-order valence-electron chi connectivity index (χ2n) is 5.98. The van der Waals surface area contributed by atoms with E-state index in [0.29, 0.717) is 17.9 Å². The van der Waals surface area contributed by atoms with E-state index in [2.05, 4.69) is 29.9 Å². The SMILES string of the molecule is CCC1CN(C(=O)C(C)CSC)CC1N1CCOCC1. The van der Waals surface area contributed by atoms with Crippen LogP contribution >= 0.6 is 11.8 Å². The van der Waals surface area contributed by atoms with E-state index < -0.39 is 0 Å². The molecule has 0 aliphatic carbocycles. The third-order valence-corrected chi connectivity index (χ3v) is 5.43. The van der Waals surface area contributed by atoms with Crippen LogP contribution in [0.25, 0.3) is 0 Å². The highest BCUT2D eigenvalue weighted by atomic mass is 32.2. The molecule has 2 saturated heterocycles. The van der Waals surface area contributed by atoms with Gasteiger partial charge in [0.25, 0.3) is 0 Å². The van der Waals surface area contributed by atoms with Crippen LogP contribution in [0.5, 0.6) is 0 Å². The molecule has 20 heavy (non-hydrogen) atoms. The second-order valence-corrected chi connectivity index (χ2v) is 6.89. The molecule has 0 aromatic carbocycles. The van der Waals surface area contributed by atoms with Gasteiger partial charge >= 0.3 is 0 Å². The lowest BCUT2D eigenvalue weighted by molar-refractivity contribution is -0.133. The summed E-state index contributed by atoms with van der Waals surface area (Å²) in [6.45, 7) is 9.87. The number of morpholine rings is 1. The van der Waals surface area contributed by atoms with Crippen molar-refractivity contribution in [3.63, 3.8) is 0 Å². The van der Waals surface area contributed by atoms with Gasteiger partial charge in [-0.05, 0) is 12.2 Å². The van der Waals surface area contributed by atoms with Crippen LogP contribution in [0.2, 0.25) is 0 Å². The molecule has 2 rings (SSSR count). The molecule has 5 heteroatoms. The van der Waals surface area contributed by atoms with Crippen LogP contribution in [0.15, 0.2) is 0 Å². The van der Waals surface area contributed by atoms with Crippen LogP contribution in [0.4, 0.5) is 0 Å². The minimum Gasteiger partial charge on any atom is -0.379 e. The Labute approximate surface area is 127 Å². The van der Waals surface area contributed by atoms with Gasteiger partial charge in [0.1, 0.15) is 0 Å². The van der Waals surface area contributed by atoms with Crippen LogP contribution in [-0.2, 0) is 9.53 Å². The second kappa shape index (κ2) is 7.66. The number of thioether (sulfide) groups is 1. The zero-order valence-corrected chi connectivity index (χ0v) is 13.8. The lowest BCUT2D eigenvalue weighted by Crippen LogP contribution is -2.47. The average Bonchev–Trinajstić information content (AvgIpc) is 2.91. The maximum atomic E-state index is 12.5. The summed E-state index contributed by atoms with van der Waals surface area (Å²) in [7, 11) is 0. The molecule has 4 nitrogen and oxygen atoms in total. The average molecular weight is 300 g/mol. The van der Waals surface area contributed by atoms with Crippen molar-refractivity contribution in [2.75, 3.05) is 51.4 Å². The summed E-state index contributed by atoms with van der Waals surface area (Å²) < 4.78 is 5.45. The Morgan fingerprint density at radius 3 is 2.65 bits per heavy atom. The number of hydrogen-bond donors (Lipinski definition) is 0. The number of ether oxygens (including phenoxy) is 1. The van der Waals surface area contributed by atoms with E-state index in [1.54, 1.807) is 11.8 Å². The van der Waals surface area contributed by atoms with E-state index in [1.165, 1.54) is 0 Å². The summed E-state index contributed by atoms with van der Waals surface area (Å²) in [6.07, 6.45) is 3.22. The Kier molecular flexibility index (Phi) is 6.18. The number of carbonyl (C=O) groups excluding carboxylic acids is 1. The molecule has 1 amide bonds. The highest BCUT2D eigenvalue weighted by Crippen LogP contribution is 2.27. The van der Waals surface area contributed by atoms with Crippen molar-refractivity contribution in [3.8, 4) is 0 Å². The van der Waals surface area contributed by atoms with Crippen molar-refractivity contribution in [1.82, 2.24) is 9.80 Å². The first-order valence-corrected chi connectivity index (χ1v) is 9.16. The Balaban J connectivity index is 1.96. The Morgan fingerprint density at radius 1 is 1.35 bits per heavy atom. The Hall–Kier alpha value is -0.260. The van der Waals surface area contributed by atoms with Crippen molar-refractivity contribution in [2.45, 2.75) is 26.3 Å². The highest BCUT2D eigenvalue weighted by molar-refractivity contribution is 7.98. The monoisotopic (exact) mass is 300 g/mol. The van der Waals surface area contributed by atoms with E-state index in [-0.39, 0.29) is 5.92 Å². The molecule has 2 heterocycles. The number of carbonyl (C=O) groups is 1. The van der Waals surface area contributed by atoms with Crippen LogP contribution in [0.3, 0.4) is 0 Å². The first kappa shape index (κ1) is 16.1. The van der Waals surface area contributed by atoms with Gasteiger partial charge in [0.2, 0.25) is 5.91 Å². The third-order valence-electron chi connectivity index (χ3n) is 4.60. The first-order valence-electron chi connectivity index (χ1n) is 7.76. The summed E-state index contributed by atoms with van der Waals surface area (Å²) in [5.74, 6) is 2.03. The van der Waals surface area contributed by atoms with E-state index in [0.717, 1.165) is 51.6 Å². The predicted molar refractivity (Wildman–Crippen MR) is 84.1 cm³/mol. The zero-order chi connectivity index (χ0) is 14.5. The summed E-state index contributed by atoms with van der Waals surface area (Å²) in [5, 5.41) is 0. The van der Waals surface area contributed by atoms with E-state index in [9.17, 15) is 4.79 Å². The number of likely N-dealkylation sites (tertiary alicyclic amines) is 1. The lowest BCUT2D eigenvalue weighted by atomic mass is 9.99. The minimum absolute atomic E-state index is 0.144. The lowest BCUT2D eigenvalue weighted by Gasteiger charge is -2.34. The number of nitrogens with zero attached hydrogens (tertiary/aromatic N) is 2. The molecule has 2 fully saturated rings. The van der Waals surface area contributed by atoms with Gasteiger partial charge in [-0.1, -0.05) is 20.3 Å². The summed E-state index contributed by atoms with van der Waals surface area (Å²) in [5.41, 5.74) is 0. The molecule has 0 saturated carbocycles. The van der Waals surface area contributed by atoms with Gasteiger partial charge in [-0.2, -0.15) is 11.8 Å². The topological polar surface area (TPSA) is 32.8 Å². The van der Waals surface area contributed by atoms with Gasteiger partial charge in [0.15, 0.2) is 0 Å². The number of amides is 1. The van der Waals surface area contributed by atoms with Crippen LogP contribution in [0, 0.1) is 11.8 Å². The molecule has 2 aliphatic rings. The van der Waals surface area contributed by atoms with E-state index >= 15 is 0 Å². The minimum atomic E-state index is 0.144. The zero-order valence-electron chi connectivity index (χ0n) is 13.0. The fraction of sp³-hybridized carbons (Fsp3) is 0.933. The van der Waals surface area contributed by atoms with Crippen molar-refractivity contribution >= 4 is 17.7 Å². The third kappa shape index (κ3) is 3.68. The van der Waals surface area contributed by atoms with E-state index in [1.807, 2.05) is 0 Å². The molecule has 2 aliphatic heterocycles. The normalized spacial score (nSPS) is 29.6. The molecule has 0 radical (unpaired) electrons. The molecule has 0 aromatic heterocycles. The Morgan fingerprint density at radius 2 is 2.05 bits per heavy atom. The molecular formula is C15H28N2O2S. The molecule has 0 spiro atoms. The molecule has 3 atom stereocenters. The molecule has 0 aromatic rings. The summed E-state index contributed by atoms with van der Waals surface area (Å²) in [6, 6.07) is 0.536. The maximum Gasteiger partial charge on any atom is 0.226 e. The first-order chi connectivity index (χ1) is 9.67. The van der Waals surface area contributed by atoms with E-state index in [4.69, 9.17) is 4.74 Å². The number of rotatable bonds is 5. The van der Waals surface area contributed by atoms with Crippen LogP contribution < -0.4 is 0 Å². The van der Waals surface area contributed by atoms with Gasteiger partial charge in [0, 0.05) is 43.9 Å². The maximum absolute atomic E-state index is 12.5. The largest absolute Gasteiger partial charge is 0.379 e. The molecule has 3 unspecified atom stereocenters. The molecule has 0 bridgehead atoms. The fourth-order valence-corrected chi connectivity index (χ4v) is 4.03. The van der Waals surface area contributed by atoms with Crippen molar-refractivity contribution < 1.29 is 9.53 Å². The molecule has 116 valence electrons.